The summed E-state index contributed by atoms with van der Waals surface area (Å²) in [4.78, 5) is 8.03. The molecule has 0 N–H and O–H groups in total. The Balaban J connectivity index is 2.24. The van der Waals surface area contributed by atoms with Gasteiger partial charge in [0.2, 0.25) is 0 Å². The maximum absolute atomic E-state index is 5.45. The van der Waals surface area contributed by atoms with Gasteiger partial charge in [-0.25, -0.2) is 9.97 Å². The van der Waals surface area contributed by atoms with Crippen LogP contribution in [0.25, 0.3) is 0 Å². The number of thiazole rings is 1. The molecule has 0 spiro atoms. The van der Waals surface area contributed by atoms with Gasteiger partial charge in [-0.2, -0.15) is 0 Å². The van der Waals surface area contributed by atoms with Crippen molar-refractivity contribution in [2.24, 2.45) is 0 Å². The molecule has 5 heteroatoms. The first kappa shape index (κ1) is 8.65. The molecule has 0 saturated heterocycles. The Morgan fingerprint density at radius 3 is 2.92 bits per heavy atom. The number of pyridine rings is 1. The van der Waals surface area contributed by atoms with E-state index in [0.29, 0.717) is 15.5 Å². The fourth-order valence-corrected chi connectivity index (χ4v) is 1.63. The first-order chi connectivity index (χ1) is 6.36. The van der Waals surface area contributed by atoms with Crippen LogP contribution in [0.1, 0.15) is 0 Å². The van der Waals surface area contributed by atoms with E-state index >= 15 is 0 Å². The Bertz CT molecular complexity index is 391. The van der Waals surface area contributed by atoms with Gasteiger partial charge in [-0.05, 0) is 28.1 Å². The van der Waals surface area contributed by atoms with E-state index in [9.17, 15) is 0 Å². The first-order valence-electron chi connectivity index (χ1n) is 3.54. The zero-order chi connectivity index (χ0) is 9.10. The number of rotatable bonds is 2. The van der Waals surface area contributed by atoms with Crippen molar-refractivity contribution in [3.63, 3.8) is 0 Å². The van der Waals surface area contributed by atoms with Gasteiger partial charge in [0.25, 0.3) is 5.19 Å². The van der Waals surface area contributed by atoms with Gasteiger partial charge < -0.3 is 4.74 Å². The van der Waals surface area contributed by atoms with E-state index in [2.05, 4.69) is 25.9 Å². The average molecular weight is 257 g/mol. The highest BCUT2D eigenvalue weighted by Gasteiger charge is 2.03. The Morgan fingerprint density at radius 1 is 1.31 bits per heavy atom. The molecule has 0 atom stereocenters. The van der Waals surface area contributed by atoms with Crippen LogP contribution in [0.15, 0.2) is 34.5 Å². The lowest BCUT2D eigenvalue weighted by molar-refractivity contribution is 0.473. The van der Waals surface area contributed by atoms with Crippen LogP contribution in [0, 0.1) is 0 Å². The summed E-state index contributed by atoms with van der Waals surface area (Å²) >= 11 is 4.73. The molecular weight excluding hydrogens is 252 g/mol. The monoisotopic (exact) mass is 256 g/mol. The first-order valence-corrected chi connectivity index (χ1v) is 5.21. The molecule has 0 unspecified atom stereocenters. The summed E-state index contributed by atoms with van der Waals surface area (Å²) in [7, 11) is 0. The van der Waals surface area contributed by atoms with Crippen molar-refractivity contribution in [1.82, 2.24) is 9.97 Å². The van der Waals surface area contributed by atoms with Crippen molar-refractivity contribution in [2.45, 2.75) is 0 Å². The molecule has 0 aliphatic carbocycles. The minimum Gasteiger partial charge on any atom is -0.428 e. The summed E-state index contributed by atoms with van der Waals surface area (Å²) in [5, 5.41) is 2.48. The second-order valence-electron chi connectivity index (χ2n) is 2.19. The maximum Gasteiger partial charge on any atom is 0.278 e. The summed E-state index contributed by atoms with van der Waals surface area (Å²) in [6, 6.07) is 3.65. The molecule has 0 amide bonds. The Hall–Kier alpha value is -0.940. The van der Waals surface area contributed by atoms with Crippen molar-refractivity contribution in [3.05, 3.63) is 34.5 Å². The molecule has 0 bridgehead atoms. The van der Waals surface area contributed by atoms with E-state index in [1.165, 1.54) is 11.3 Å². The molecule has 2 aromatic heterocycles. The topological polar surface area (TPSA) is 35.0 Å². The van der Waals surface area contributed by atoms with Crippen LogP contribution in [-0.4, -0.2) is 9.97 Å². The summed E-state index contributed by atoms with van der Waals surface area (Å²) < 4.78 is 6.13. The Morgan fingerprint density at radius 2 is 2.23 bits per heavy atom. The van der Waals surface area contributed by atoms with Gasteiger partial charge in [0.05, 0.1) is 0 Å². The van der Waals surface area contributed by atoms with Gasteiger partial charge in [-0.3, -0.25) is 0 Å². The van der Waals surface area contributed by atoms with E-state index in [1.807, 2.05) is 17.5 Å². The SMILES string of the molecule is Brc1ncccc1Oc1nccs1. The van der Waals surface area contributed by atoms with Gasteiger partial charge in [0, 0.05) is 17.8 Å². The molecule has 66 valence electrons. The van der Waals surface area contributed by atoms with Crippen LogP contribution in [-0.2, 0) is 0 Å². The highest BCUT2D eigenvalue weighted by atomic mass is 79.9. The number of halogens is 1. The lowest BCUT2D eigenvalue weighted by Crippen LogP contribution is -1.85. The highest BCUT2D eigenvalue weighted by Crippen LogP contribution is 2.28. The van der Waals surface area contributed by atoms with E-state index in [-0.39, 0.29) is 0 Å². The molecule has 0 saturated carbocycles. The van der Waals surface area contributed by atoms with Crippen LogP contribution in [0.5, 0.6) is 10.9 Å². The molecule has 2 aromatic rings. The van der Waals surface area contributed by atoms with E-state index < -0.39 is 0 Å². The fraction of sp³-hybridized carbons (Fsp3) is 0. The van der Waals surface area contributed by atoms with E-state index in [0.717, 1.165) is 0 Å². The minimum atomic E-state index is 0.619. The third-order valence-electron chi connectivity index (χ3n) is 1.33. The van der Waals surface area contributed by atoms with E-state index in [1.54, 1.807) is 12.4 Å². The number of nitrogens with zero attached hydrogens (tertiary/aromatic N) is 2. The summed E-state index contributed by atoms with van der Waals surface area (Å²) in [5.41, 5.74) is 0. The van der Waals surface area contributed by atoms with Gasteiger partial charge in [-0.15, -0.1) is 0 Å². The van der Waals surface area contributed by atoms with Crippen molar-refractivity contribution in [3.8, 4) is 10.9 Å². The fourth-order valence-electron chi connectivity index (χ4n) is 0.802. The largest absolute Gasteiger partial charge is 0.428 e. The van der Waals surface area contributed by atoms with Gasteiger partial charge in [-0.1, -0.05) is 11.3 Å². The Kier molecular flexibility index (Phi) is 2.56. The molecule has 3 nitrogen and oxygen atoms in total. The number of ether oxygens (including phenoxy) is 1. The second kappa shape index (κ2) is 3.85. The summed E-state index contributed by atoms with van der Waals surface area (Å²) in [6.45, 7) is 0. The second-order valence-corrected chi connectivity index (χ2v) is 3.80. The third kappa shape index (κ3) is 2.05. The van der Waals surface area contributed by atoms with Gasteiger partial charge >= 0.3 is 0 Å². The number of hydrogen-bond acceptors (Lipinski definition) is 4. The van der Waals surface area contributed by atoms with E-state index in [4.69, 9.17) is 4.74 Å². The lowest BCUT2D eigenvalue weighted by Gasteiger charge is -2.01. The van der Waals surface area contributed by atoms with Crippen molar-refractivity contribution < 1.29 is 4.74 Å². The predicted octanol–water partition coefficient (Wildman–Crippen LogP) is 3.09. The van der Waals surface area contributed by atoms with Crippen LogP contribution < -0.4 is 4.74 Å². The molecule has 0 aliphatic heterocycles. The number of aromatic nitrogens is 2. The molecular formula is C8H5BrN2OS. The zero-order valence-corrected chi connectivity index (χ0v) is 8.88. The molecule has 0 radical (unpaired) electrons. The van der Waals surface area contributed by atoms with Gasteiger partial charge in [0.15, 0.2) is 5.75 Å². The minimum absolute atomic E-state index is 0.619. The quantitative estimate of drug-likeness (QED) is 0.775. The lowest BCUT2D eigenvalue weighted by atomic mass is 10.5. The normalized spacial score (nSPS) is 9.92. The van der Waals surface area contributed by atoms with Crippen LogP contribution >= 0.6 is 27.3 Å². The summed E-state index contributed by atoms with van der Waals surface area (Å²) in [5.74, 6) is 0.678. The third-order valence-corrected chi connectivity index (χ3v) is 2.58. The molecule has 0 fully saturated rings. The molecule has 2 heterocycles. The molecule has 0 aliphatic rings. The number of hydrogen-bond donors (Lipinski definition) is 0. The van der Waals surface area contributed by atoms with Crippen LogP contribution in [0.2, 0.25) is 0 Å². The van der Waals surface area contributed by atoms with Crippen LogP contribution in [0.3, 0.4) is 0 Å². The van der Waals surface area contributed by atoms with Gasteiger partial charge in [0.1, 0.15) is 4.60 Å². The molecule has 0 aromatic carbocycles. The highest BCUT2D eigenvalue weighted by molar-refractivity contribution is 9.10. The van der Waals surface area contributed by atoms with Crippen LogP contribution in [0.4, 0.5) is 0 Å². The zero-order valence-electron chi connectivity index (χ0n) is 6.48. The average Bonchev–Trinajstić information content (AvgIpc) is 2.61. The molecule has 2 rings (SSSR count). The smallest absolute Gasteiger partial charge is 0.278 e. The Labute approximate surface area is 87.5 Å². The maximum atomic E-state index is 5.45. The summed E-state index contributed by atoms with van der Waals surface area (Å²) in [6.07, 6.45) is 3.39. The standard InChI is InChI=1S/C8H5BrN2OS/c9-7-6(2-1-3-10-7)12-8-11-4-5-13-8/h1-5H. The molecule has 13 heavy (non-hydrogen) atoms. The van der Waals surface area contributed by atoms with Crippen molar-refractivity contribution in [1.29, 1.82) is 0 Å². The van der Waals surface area contributed by atoms with Crippen molar-refractivity contribution in [2.75, 3.05) is 0 Å². The predicted molar refractivity (Wildman–Crippen MR) is 54.1 cm³/mol. The van der Waals surface area contributed by atoms with Crippen molar-refractivity contribution >= 4 is 27.3 Å².